The lowest BCUT2D eigenvalue weighted by Gasteiger charge is -2.08. The summed E-state index contributed by atoms with van der Waals surface area (Å²) in [7, 11) is 0. The fourth-order valence-corrected chi connectivity index (χ4v) is 1.94. The minimum atomic E-state index is -3.68. The molecule has 0 aliphatic carbocycles. The molecule has 0 fully saturated rings. The predicted octanol–water partition coefficient (Wildman–Crippen LogP) is 3.90. The summed E-state index contributed by atoms with van der Waals surface area (Å²) < 4.78 is 60.8. The largest absolute Gasteiger partial charge is 0.586 e. The van der Waals surface area contributed by atoms with Crippen LogP contribution in [0.1, 0.15) is 5.56 Å². The summed E-state index contributed by atoms with van der Waals surface area (Å²) in [4.78, 5) is 0. The Bertz CT molecular complexity index is 691. The van der Waals surface area contributed by atoms with Crippen LogP contribution in [0.15, 0.2) is 36.4 Å². The third-order valence-electron chi connectivity index (χ3n) is 2.92. The summed E-state index contributed by atoms with van der Waals surface area (Å²) in [5.41, 5.74) is 0.539. The lowest BCUT2D eigenvalue weighted by Crippen LogP contribution is -2.25. The van der Waals surface area contributed by atoms with Crippen LogP contribution in [0.3, 0.4) is 0 Å². The van der Waals surface area contributed by atoms with E-state index in [-0.39, 0.29) is 23.6 Å². The number of benzene rings is 2. The van der Waals surface area contributed by atoms with Gasteiger partial charge in [0.05, 0.1) is 0 Å². The molecular formula is C14H9F4NO2. The zero-order valence-corrected chi connectivity index (χ0v) is 10.5. The van der Waals surface area contributed by atoms with Gasteiger partial charge in [-0.2, -0.15) is 0 Å². The topological polar surface area (TPSA) is 30.5 Å². The zero-order chi connectivity index (χ0) is 15.0. The van der Waals surface area contributed by atoms with E-state index in [2.05, 4.69) is 14.8 Å². The first-order valence-electron chi connectivity index (χ1n) is 6.01. The molecule has 0 saturated carbocycles. The van der Waals surface area contributed by atoms with Gasteiger partial charge in [-0.15, -0.1) is 8.78 Å². The summed E-state index contributed by atoms with van der Waals surface area (Å²) in [5.74, 6) is -2.09. The molecule has 0 amide bonds. The maximum absolute atomic E-state index is 13.5. The fourth-order valence-electron chi connectivity index (χ4n) is 1.94. The van der Waals surface area contributed by atoms with Crippen molar-refractivity contribution in [1.82, 2.24) is 0 Å². The first kappa shape index (κ1) is 13.5. The van der Waals surface area contributed by atoms with E-state index in [1.807, 2.05) is 0 Å². The highest BCUT2D eigenvalue weighted by atomic mass is 19.3. The second-order valence-electron chi connectivity index (χ2n) is 4.40. The Morgan fingerprint density at radius 3 is 2.57 bits per heavy atom. The molecule has 0 radical (unpaired) electrons. The van der Waals surface area contributed by atoms with E-state index in [0.717, 1.165) is 6.07 Å². The summed E-state index contributed by atoms with van der Waals surface area (Å²) in [6.45, 7) is -0.000367. The maximum atomic E-state index is 13.5. The number of anilines is 1. The molecule has 0 atom stereocenters. The zero-order valence-electron chi connectivity index (χ0n) is 10.5. The Kier molecular flexibility index (Phi) is 3.12. The highest BCUT2D eigenvalue weighted by Crippen LogP contribution is 2.42. The monoisotopic (exact) mass is 299 g/mol. The Hall–Kier alpha value is -2.44. The Balaban J connectivity index is 1.74. The SMILES string of the molecule is Fc1cccc(CNc2ccc3c(c2)OC(F)(F)O3)c1F. The van der Waals surface area contributed by atoms with Crippen molar-refractivity contribution in [3.8, 4) is 11.5 Å². The van der Waals surface area contributed by atoms with Crippen LogP contribution in [0.5, 0.6) is 11.5 Å². The van der Waals surface area contributed by atoms with Gasteiger partial charge in [0.2, 0.25) is 0 Å². The van der Waals surface area contributed by atoms with E-state index < -0.39 is 17.9 Å². The van der Waals surface area contributed by atoms with Gasteiger partial charge in [0, 0.05) is 23.9 Å². The average molecular weight is 299 g/mol. The number of halogens is 4. The third-order valence-corrected chi connectivity index (χ3v) is 2.92. The molecule has 3 nitrogen and oxygen atoms in total. The highest BCUT2D eigenvalue weighted by Gasteiger charge is 2.43. The van der Waals surface area contributed by atoms with Gasteiger partial charge < -0.3 is 14.8 Å². The highest BCUT2D eigenvalue weighted by molar-refractivity contribution is 5.56. The van der Waals surface area contributed by atoms with Crippen LogP contribution < -0.4 is 14.8 Å². The molecule has 1 aliphatic rings. The first-order valence-corrected chi connectivity index (χ1v) is 6.01. The van der Waals surface area contributed by atoms with E-state index in [4.69, 9.17) is 0 Å². The standard InChI is InChI=1S/C14H9F4NO2/c15-10-3-1-2-8(13(10)16)7-19-9-4-5-11-12(6-9)21-14(17,18)20-11/h1-6,19H,7H2. The van der Waals surface area contributed by atoms with Crippen molar-refractivity contribution in [3.63, 3.8) is 0 Å². The van der Waals surface area contributed by atoms with Crippen LogP contribution in [0.2, 0.25) is 0 Å². The maximum Gasteiger partial charge on any atom is 0.586 e. The smallest absolute Gasteiger partial charge is 0.395 e. The third kappa shape index (κ3) is 2.72. The van der Waals surface area contributed by atoms with Gasteiger partial charge in [0.1, 0.15) is 0 Å². The molecule has 21 heavy (non-hydrogen) atoms. The molecule has 2 aromatic carbocycles. The van der Waals surface area contributed by atoms with Crippen LogP contribution in [0.25, 0.3) is 0 Å². The number of hydrogen-bond acceptors (Lipinski definition) is 3. The molecule has 0 aromatic heterocycles. The first-order chi connectivity index (χ1) is 9.94. The second kappa shape index (κ2) is 4.83. The molecule has 1 heterocycles. The summed E-state index contributed by atoms with van der Waals surface area (Å²) in [6, 6.07) is 7.90. The van der Waals surface area contributed by atoms with Crippen LogP contribution in [-0.4, -0.2) is 6.29 Å². The minimum Gasteiger partial charge on any atom is -0.395 e. The van der Waals surface area contributed by atoms with Crippen molar-refractivity contribution in [2.75, 3.05) is 5.32 Å². The van der Waals surface area contributed by atoms with Crippen molar-refractivity contribution in [2.24, 2.45) is 0 Å². The Morgan fingerprint density at radius 1 is 1.00 bits per heavy atom. The lowest BCUT2D eigenvalue weighted by molar-refractivity contribution is -0.286. The van der Waals surface area contributed by atoms with Gasteiger partial charge in [0.25, 0.3) is 0 Å². The van der Waals surface area contributed by atoms with Crippen LogP contribution in [0.4, 0.5) is 23.2 Å². The number of fused-ring (bicyclic) bond motifs is 1. The number of alkyl halides is 2. The summed E-state index contributed by atoms with van der Waals surface area (Å²) in [5, 5.41) is 2.80. The molecule has 0 spiro atoms. The number of rotatable bonds is 3. The van der Waals surface area contributed by atoms with E-state index in [0.29, 0.717) is 5.69 Å². The molecule has 0 saturated heterocycles. The van der Waals surface area contributed by atoms with Crippen molar-refractivity contribution in [1.29, 1.82) is 0 Å². The fraction of sp³-hybridized carbons (Fsp3) is 0.143. The Labute approximate surface area is 117 Å². The van der Waals surface area contributed by atoms with E-state index in [1.54, 1.807) is 0 Å². The van der Waals surface area contributed by atoms with Crippen LogP contribution in [0, 0.1) is 11.6 Å². The van der Waals surface area contributed by atoms with E-state index in [1.165, 1.54) is 30.3 Å². The van der Waals surface area contributed by atoms with Gasteiger partial charge in [-0.1, -0.05) is 12.1 Å². The molecule has 7 heteroatoms. The van der Waals surface area contributed by atoms with Crippen molar-refractivity contribution in [2.45, 2.75) is 12.8 Å². The second-order valence-corrected chi connectivity index (χ2v) is 4.40. The number of ether oxygens (including phenoxy) is 2. The molecule has 2 aromatic rings. The van der Waals surface area contributed by atoms with Crippen LogP contribution >= 0.6 is 0 Å². The van der Waals surface area contributed by atoms with E-state index in [9.17, 15) is 17.6 Å². The normalized spacial score (nSPS) is 15.0. The Morgan fingerprint density at radius 2 is 1.76 bits per heavy atom. The summed E-state index contributed by atoms with van der Waals surface area (Å²) >= 11 is 0. The number of hydrogen-bond donors (Lipinski definition) is 1. The van der Waals surface area contributed by atoms with E-state index >= 15 is 0 Å². The van der Waals surface area contributed by atoms with Crippen molar-refractivity contribution < 1.29 is 27.0 Å². The van der Waals surface area contributed by atoms with Crippen LogP contribution in [-0.2, 0) is 6.54 Å². The minimum absolute atomic E-state index is 0.000367. The lowest BCUT2D eigenvalue weighted by atomic mass is 10.2. The average Bonchev–Trinajstić information content (AvgIpc) is 2.73. The van der Waals surface area contributed by atoms with Gasteiger partial charge >= 0.3 is 6.29 Å². The van der Waals surface area contributed by atoms with Gasteiger partial charge in [-0.25, -0.2) is 8.78 Å². The molecule has 110 valence electrons. The number of nitrogens with one attached hydrogen (secondary N) is 1. The van der Waals surface area contributed by atoms with Crippen molar-refractivity contribution in [3.05, 3.63) is 53.6 Å². The van der Waals surface area contributed by atoms with Crippen molar-refractivity contribution >= 4 is 5.69 Å². The van der Waals surface area contributed by atoms with Gasteiger partial charge in [0.15, 0.2) is 23.1 Å². The molecular weight excluding hydrogens is 290 g/mol. The molecule has 0 unspecified atom stereocenters. The predicted molar refractivity (Wildman–Crippen MR) is 66.3 cm³/mol. The quantitative estimate of drug-likeness (QED) is 0.872. The molecule has 3 rings (SSSR count). The van der Waals surface area contributed by atoms with Gasteiger partial charge in [-0.05, 0) is 18.2 Å². The molecule has 1 aliphatic heterocycles. The van der Waals surface area contributed by atoms with Gasteiger partial charge in [-0.3, -0.25) is 0 Å². The molecule has 0 bridgehead atoms. The molecule has 1 N–H and O–H groups in total. The summed E-state index contributed by atoms with van der Waals surface area (Å²) in [6.07, 6.45) is -3.68.